The molecule has 0 spiro atoms. The Kier molecular flexibility index (Phi) is 2.52. The summed E-state index contributed by atoms with van der Waals surface area (Å²) in [5, 5.41) is 9.30. The molecule has 0 aromatic carbocycles. The molecular formula is C8H16O3. The van der Waals surface area contributed by atoms with Gasteiger partial charge in [-0.2, -0.15) is 0 Å². The average Bonchev–Trinajstić information content (AvgIpc) is 2.12. The Balaban J connectivity index is 2.37. The number of aliphatic hydroxyl groups is 1. The first kappa shape index (κ1) is 8.97. The fraction of sp³-hybridized carbons (Fsp3) is 1.00. The molecule has 0 amide bonds. The van der Waals surface area contributed by atoms with Crippen LogP contribution in [0.2, 0.25) is 0 Å². The van der Waals surface area contributed by atoms with Crippen LogP contribution in [0.1, 0.15) is 27.2 Å². The summed E-state index contributed by atoms with van der Waals surface area (Å²) in [4.78, 5) is 0. The Morgan fingerprint density at radius 2 is 2.09 bits per heavy atom. The van der Waals surface area contributed by atoms with E-state index in [2.05, 4.69) is 0 Å². The molecule has 1 saturated heterocycles. The van der Waals surface area contributed by atoms with E-state index in [1.165, 1.54) is 0 Å². The molecule has 0 saturated carbocycles. The van der Waals surface area contributed by atoms with Crippen LogP contribution in [0.3, 0.4) is 0 Å². The first-order chi connectivity index (χ1) is 4.99. The molecule has 0 aliphatic carbocycles. The molecule has 0 radical (unpaired) electrons. The van der Waals surface area contributed by atoms with Gasteiger partial charge in [-0.1, -0.05) is 0 Å². The van der Waals surface area contributed by atoms with Crippen molar-refractivity contribution in [3.05, 3.63) is 0 Å². The van der Waals surface area contributed by atoms with Crippen molar-refractivity contribution >= 4 is 0 Å². The minimum atomic E-state index is -0.450. The molecule has 66 valence electrons. The van der Waals surface area contributed by atoms with Crippen molar-refractivity contribution in [2.75, 3.05) is 6.61 Å². The lowest BCUT2D eigenvalue weighted by Crippen LogP contribution is -2.33. The summed E-state index contributed by atoms with van der Waals surface area (Å²) < 4.78 is 10.6. The summed E-state index contributed by atoms with van der Waals surface area (Å²) in [5.41, 5.74) is -0.240. The molecule has 0 aromatic heterocycles. The maximum atomic E-state index is 9.30. The van der Waals surface area contributed by atoms with E-state index in [0.717, 1.165) is 0 Å². The monoisotopic (exact) mass is 160 g/mol. The number of hydrogen-bond acceptors (Lipinski definition) is 3. The van der Waals surface area contributed by atoms with Crippen molar-refractivity contribution in [1.82, 2.24) is 0 Å². The van der Waals surface area contributed by atoms with Crippen LogP contribution in [-0.2, 0) is 9.47 Å². The summed E-state index contributed by atoms with van der Waals surface area (Å²) in [6, 6.07) is 0. The van der Waals surface area contributed by atoms with E-state index in [1.807, 2.05) is 20.8 Å². The lowest BCUT2D eigenvalue weighted by Gasteiger charge is -2.25. The van der Waals surface area contributed by atoms with Crippen LogP contribution < -0.4 is 0 Å². The fourth-order valence-corrected chi connectivity index (χ4v) is 1.01. The van der Waals surface area contributed by atoms with Gasteiger partial charge in [-0.25, -0.2) is 0 Å². The van der Waals surface area contributed by atoms with Gasteiger partial charge in [-0.15, -0.1) is 0 Å². The zero-order chi connectivity index (χ0) is 8.48. The van der Waals surface area contributed by atoms with E-state index in [1.54, 1.807) is 0 Å². The van der Waals surface area contributed by atoms with Crippen molar-refractivity contribution < 1.29 is 14.6 Å². The predicted molar refractivity (Wildman–Crippen MR) is 41.2 cm³/mol. The maximum absolute atomic E-state index is 9.30. The minimum Gasteiger partial charge on any atom is -0.388 e. The molecule has 0 aromatic rings. The van der Waals surface area contributed by atoms with Gasteiger partial charge in [0.05, 0.1) is 12.2 Å². The third-order valence-corrected chi connectivity index (χ3v) is 1.48. The van der Waals surface area contributed by atoms with Crippen LogP contribution in [-0.4, -0.2) is 29.7 Å². The zero-order valence-electron chi connectivity index (χ0n) is 7.33. The standard InChI is InChI=1S/C8H16O3/c1-8(2,3)11-7-6(9)4-5-10-7/h6-7,9H,4-5H2,1-3H3/t6-,7+/m0/s1. The molecule has 3 nitrogen and oxygen atoms in total. The molecule has 3 heteroatoms. The number of rotatable bonds is 1. The molecular weight excluding hydrogens is 144 g/mol. The van der Waals surface area contributed by atoms with Crippen LogP contribution in [0.15, 0.2) is 0 Å². The smallest absolute Gasteiger partial charge is 0.184 e. The van der Waals surface area contributed by atoms with E-state index >= 15 is 0 Å². The molecule has 0 bridgehead atoms. The van der Waals surface area contributed by atoms with Gasteiger partial charge in [0.1, 0.15) is 6.10 Å². The minimum absolute atomic E-state index is 0.240. The quantitative estimate of drug-likeness (QED) is 0.619. The lowest BCUT2D eigenvalue weighted by molar-refractivity contribution is -0.201. The molecule has 1 aliphatic heterocycles. The Morgan fingerprint density at radius 1 is 1.45 bits per heavy atom. The van der Waals surface area contributed by atoms with Crippen molar-refractivity contribution in [3.8, 4) is 0 Å². The lowest BCUT2D eigenvalue weighted by atomic mass is 10.2. The van der Waals surface area contributed by atoms with E-state index < -0.39 is 12.4 Å². The SMILES string of the molecule is CC(C)(C)O[C@H]1OCC[C@@H]1O. The third kappa shape index (κ3) is 2.77. The molecule has 0 unspecified atom stereocenters. The van der Waals surface area contributed by atoms with E-state index in [-0.39, 0.29) is 5.60 Å². The van der Waals surface area contributed by atoms with E-state index in [4.69, 9.17) is 9.47 Å². The second-order valence-corrected chi connectivity index (χ2v) is 3.83. The van der Waals surface area contributed by atoms with Crippen LogP contribution in [0.25, 0.3) is 0 Å². The highest BCUT2D eigenvalue weighted by molar-refractivity contribution is 4.71. The fourth-order valence-electron chi connectivity index (χ4n) is 1.01. The summed E-state index contributed by atoms with van der Waals surface area (Å²) in [6.45, 7) is 6.44. The van der Waals surface area contributed by atoms with Crippen molar-refractivity contribution in [1.29, 1.82) is 0 Å². The van der Waals surface area contributed by atoms with Gasteiger partial charge in [-0.05, 0) is 20.8 Å². The van der Waals surface area contributed by atoms with Crippen LogP contribution in [0.5, 0.6) is 0 Å². The average molecular weight is 160 g/mol. The Bertz CT molecular complexity index is 128. The molecule has 1 fully saturated rings. The van der Waals surface area contributed by atoms with Crippen LogP contribution in [0, 0.1) is 0 Å². The predicted octanol–water partition coefficient (Wildman–Crippen LogP) is 0.909. The van der Waals surface area contributed by atoms with Gasteiger partial charge < -0.3 is 14.6 Å². The van der Waals surface area contributed by atoms with Gasteiger partial charge >= 0.3 is 0 Å². The molecule has 1 N–H and O–H groups in total. The highest BCUT2D eigenvalue weighted by Gasteiger charge is 2.30. The van der Waals surface area contributed by atoms with Crippen LogP contribution in [0.4, 0.5) is 0 Å². The topological polar surface area (TPSA) is 38.7 Å². The van der Waals surface area contributed by atoms with E-state index in [9.17, 15) is 5.11 Å². The van der Waals surface area contributed by atoms with Crippen molar-refractivity contribution in [2.45, 2.75) is 45.2 Å². The highest BCUT2D eigenvalue weighted by atomic mass is 16.7. The van der Waals surface area contributed by atoms with Gasteiger partial charge in [0.2, 0.25) is 0 Å². The van der Waals surface area contributed by atoms with Gasteiger partial charge in [0.15, 0.2) is 6.29 Å². The summed E-state index contributed by atoms with van der Waals surface area (Å²) >= 11 is 0. The van der Waals surface area contributed by atoms with Gasteiger partial charge in [0, 0.05) is 6.42 Å². The largest absolute Gasteiger partial charge is 0.388 e. The van der Waals surface area contributed by atoms with Crippen molar-refractivity contribution in [3.63, 3.8) is 0 Å². The summed E-state index contributed by atoms with van der Waals surface area (Å²) in [7, 11) is 0. The maximum Gasteiger partial charge on any atom is 0.184 e. The molecule has 2 atom stereocenters. The first-order valence-corrected chi connectivity index (χ1v) is 3.96. The molecule has 11 heavy (non-hydrogen) atoms. The Hall–Kier alpha value is -0.120. The Morgan fingerprint density at radius 3 is 2.45 bits per heavy atom. The molecule has 1 aliphatic rings. The Labute approximate surface area is 67.3 Å². The molecule has 1 heterocycles. The molecule has 1 rings (SSSR count). The normalized spacial score (nSPS) is 32.7. The number of ether oxygens (including phenoxy) is 2. The summed E-state index contributed by atoms with van der Waals surface area (Å²) in [5.74, 6) is 0. The highest BCUT2D eigenvalue weighted by Crippen LogP contribution is 2.20. The second-order valence-electron chi connectivity index (χ2n) is 3.83. The first-order valence-electron chi connectivity index (χ1n) is 3.96. The van der Waals surface area contributed by atoms with E-state index in [0.29, 0.717) is 13.0 Å². The van der Waals surface area contributed by atoms with Crippen LogP contribution >= 0.6 is 0 Å². The zero-order valence-corrected chi connectivity index (χ0v) is 7.33. The van der Waals surface area contributed by atoms with Crippen molar-refractivity contribution in [2.24, 2.45) is 0 Å². The second kappa shape index (κ2) is 3.09. The third-order valence-electron chi connectivity index (χ3n) is 1.48. The van der Waals surface area contributed by atoms with Gasteiger partial charge in [0.25, 0.3) is 0 Å². The number of hydrogen-bond donors (Lipinski definition) is 1. The van der Waals surface area contributed by atoms with Gasteiger partial charge in [-0.3, -0.25) is 0 Å². The summed E-state index contributed by atoms with van der Waals surface area (Å²) in [6.07, 6.45) is -0.190. The number of aliphatic hydroxyl groups excluding tert-OH is 1.